The molecule has 4 aliphatic carbocycles. The normalized spacial score (nSPS) is 60.2. The Kier molecular flexibility index (Phi) is 1.67. The van der Waals surface area contributed by atoms with Crippen LogP contribution in [0.15, 0.2) is 12.2 Å². The zero-order valence-electron chi connectivity index (χ0n) is 9.54. The number of hydrogen-bond acceptors (Lipinski definition) is 2. The number of allylic oxidation sites excluding steroid dienone is 2. The summed E-state index contributed by atoms with van der Waals surface area (Å²) in [5.74, 6) is 4.73. The summed E-state index contributed by atoms with van der Waals surface area (Å²) in [6, 6.07) is 2.52. The van der Waals surface area contributed by atoms with Gasteiger partial charge in [0.05, 0.1) is 18.1 Å². The van der Waals surface area contributed by atoms with E-state index in [4.69, 9.17) is 4.74 Å². The van der Waals surface area contributed by atoms with Gasteiger partial charge >= 0.3 is 0 Å². The minimum absolute atomic E-state index is 0.170. The summed E-state index contributed by atoms with van der Waals surface area (Å²) in [5, 5.41) is 9.33. The van der Waals surface area contributed by atoms with Gasteiger partial charge in [0, 0.05) is 7.11 Å². The van der Waals surface area contributed by atoms with Gasteiger partial charge < -0.3 is 4.74 Å². The zero-order valence-corrected chi connectivity index (χ0v) is 9.54. The van der Waals surface area contributed by atoms with Gasteiger partial charge in [-0.2, -0.15) is 5.26 Å². The minimum atomic E-state index is 0.170. The number of fused-ring (bicyclic) bond motifs is 9. The summed E-state index contributed by atoms with van der Waals surface area (Å²) in [4.78, 5) is 0. The van der Waals surface area contributed by atoms with Crippen molar-refractivity contribution in [2.24, 2.45) is 41.4 Å². The number of rotatable bonds is 1. The largest absolute Gasteiger partial charge is 0.380 e. The third-order valence-corrected chi connectivity index (χ3v) is 5.77. The molecule has 0 spiro atoms. The molecule has 0 aromatic rings. The Morgan fingerprint density at radius 3 is 2.44 bits per heavy atom. The lowest BCUT2D eigenvalue weighted by molar-refractivity contribution is -0.0131. The van der Waals surface area contributed by atoms with Crippen LogP contribution in [0.1, 0.15) is 12.8 Å². The van der Waals surface area contributed by atoms with Gasteiger partial charge in [-0.15, -0.1) is 0 Å². The fourth-order valence-corrected chi connectivity index (χ4v) is 5.47. The van der Waals surface area contributed by atoms with Crippen LogP contribution in [0.4, 0.5) is 0 Å². The van der Waals surface area contributed by atoms with E-state index >= 15 is 0 Å². The Bertz CT molecular complexity index is 396. The van der Waals surface area contributed by atoms with Crippen LogP contribution >= 0.6 is 0 Å². The van der Waals surface area contributed by atoms with Crippen LogP contribution in [0.25, 0.3) is 0 Å². The highest BCUT2D eigenvalue weighted by Gasteiger charge is 2.65. The molecule has 2 heteroatoms. The molecule has 0 heterocycles. The topological polar surface area (TPSA) is 33.0 Å². The molecular weight excluding hydrogens is 198 g/mol. The van der Waals surface area contributed by atoms with Gasteiger partial charge in [0.15, 0.2) is 0 Å². The van der Waals surface area contributed by atoms with E-state index in [-0.39, 0.29) is 12.0 Å². The van der Waals surface area contributed by atoms with E-state index in [1.807, 2.05) is 0 Å². The van der Waals surface area contributed by atoms with E-state index in [2.05, 4.69) is 18.2 Å². The number of nitrogens with zero attached hydrogens (tertiary/aromatic N) is 1. The molecule has 0 aromatic heterocycles. The SMILES string of the molecule is COC1C(C#N)C2CC1C1C3C=CC(C3)C21. The Morgan fingerprint density at radius 1 is 1.12 bits per heavy atom. The quantitative estimate of drug-likeness (QED) is 0.496. The van der Waals surface area contributed by atoms with Crippen molar-refractivity contribution in [2.75, 3.05) is 7.11 Å². The first-order valence-corrected chi connectivity index (χ1v) is 6.46. The molecule has 4 rings (SSSR count). The number of methoxy groups -OCH3 is 1. The molecule has 0 aliphatic heterocycles. The molecule has 8 atom stereocenters. The maximum absolute atomic E-state index is 9.33. The van der Waals surface area contributed by atoms with Gasteiger partial charge in [0.25, 0.3) is 0 Å². The second-order valence-corrected chi connectivity index (χ2v) is 6.02. The molecule has 3 saturated carbocycles. The molecule has 16 heavy (non-hydrogen) atoms. The van der Waals surface area contributed by atoms with Crippen molar-refractivity contribution >= 4 is 0 Å². The standard InChI is InChI=1S/C14H17NO/c1-16-14-10-5-9(11(14)6-15)12-7-2-3-8(4-7)13(10)12/h2-3,7-14H,4-5H2,1H3. The van der Waals surface area contributed by atoms with Crippen molar-refractivity contribution in [1.29, 1.82) is 5.26 Å². The number of ether oxygens (including phenoxy) is 1. The van der Waals surface area contributed by atoms with Gasteiger partial charge in [-0.3, -0.25) is 0 Å². The molecule has 4 aliphatic rings. The smallest absolute Gasteiger partial charge is 0.0763 e. The molecule has 8 unspecified atom stereocenters. The molecule has 84 valence electrons. The predicted octanol–water partition coefficient (Wildman–Crippen LogP) is 2.23. The van der Waals surface area contributed by atoms with E-state index in [9.17, 15) is 5.26 Å². The fraction of sp³-hybridized carbons (Fsp3) is 0.786. The van der Waals surface area contributed by atoms with Crippen LogP contribution in [0.5, 0.6) is 0 Å². The molecule has 0 amide bonds. The molecule has 0 aromatic carbocycles. The van der Waals surface area contributed by atoms with Gasteiger partial charge in [0.2, 0.25) is 0 Å². The Morgan fingerprint density at radius 2 is 1.81 bits per heavy atom. The Balaban J connectivity index is 1.74. The highest BCUT2D eigenvalue weighted by Crippen LogP contribution is 2.67. The third-order valence-electron chi connectivity index (χ3n) is 5.77. The summed E-state index contributed by atoms with van der Waals surface area (Å²) in [7, 11) is 1.79. The van der Waals surface area contributed by atoms with E-state index in [0.29, 0.717) is 11.8 Å². The van der Waals surface area contributed by atoms with E-state index in [1.54, 1.807) is 7.11 Å². The molecular formula is C14H17NO. The number of nitriles is 1. The highest BCUT2D eigenvalue weighted by atomic mass is 16.5. The van der Waals surface area contributed by atoms with Crippen LogP contribution in [0.3, 0.4) is 0 Å². The second kappa shape index (κ2) is 2.90. The lowest BCUT2D eigenvalue weighted by Crippen LogP contribution is -2.40. The van der Waals surface area contributed by atoms with Crippen molar-refractivity contribution in [2.45, 2.75) is 18.9 Å². The molecule has 2 nitrogen and oxygen atoms in total. The van der Waals surface area contributed by atoms with E-state index < -0.39 is 0 Å². The maximum atomic E-state index is 9.33. The summed E-state index contributed by atoms with van der Waals surface area (Å²) in [6.45, 7) is 0. The minimum Gasteiger partial charge on any atom is -0.380 e. The molecule has 0 saturated heterocycles. The van der Waals surface area contributed by atoms with Crippen molar-refractivity contribution in [3.8, 4) is 6.07 Å². The van der Waals surface area contributed by atoms with Crippen LogP contribution < -0.4 is 0 Å². The first-order chi connectivity index (χ1) is 7.85. The Labute approximate surface area is 96.3 Å². The summed E-state index contributed by atoms with van der Waals surface area (Å²) < 4.78 is 5.62. The van der Waals surface area contributed by atoms with Crippen LogP contribution in [0.2, 0.25) is 0 Å². The average molecular weight is 215 g/mol. The van der Waals surface area contributed by atoms with E-state index in [0.717, 1.165) is 23.7 Å². The molecule has 0 radical (unpaired) electrons. The van der Waals surface area contributed by atoms with Gasteiger partial charge in [0.1, 0.15) is 0 Å². The first-order valence-electron chi connectivity index (χ1n) is 6.46. The highest BCUT2D eigenvalue weighted by molar-refractivity contribution is 5.24. The van der Waals surface area contributed by atoms with E-state index in [1.165, 1.54) is 12.8 Å². The maximum Gasteiger partial charge on any atom is 0.0763 e. The lowest BCUT2D eigenvalue weighted by atomic mass is 9.68. The first kappa shape index (κ1) is 9.24. The van der Waals surface area contributed by atoms with Crippen LogP contribution in [0, 0.1) is 52.8 Å². The lowest BCUT2D eigenvalue weighted by Gasteiger charge is -2.38. The average Bonchev–Trinajstić information content (AvgIpc) is 3.03. The van der Waals surface area contributed by atoms with Gasteiger partial charge in [-0.25, -0.2) is 0 Å². The van der Waals surface area contributed by atoms with Crippen molar-refractivity contribution < 1.29 is 4.74 Å². The molecule has 3 fully saturated rings. The Hall–Kier alpha value is -0.810. The monoisotopic (exact) mass is 215 g/mol. The van der Waals surface area contributed by atoms with Gasteiger partial charge in [-0.05, 0) is 48.3 Å². The summed E-state index contributed by atoms with van der Waals surface area (Å²) in [5.41, 5.74) is 0. The van der Waals surface area contributed by atoms with Crippen molar-refractivity contribution in [3.63, 3.8) is 0 Å². The molecule has 0 N–H and O–H groups in total. The van der Waals surface area contributed by atoms with Gasteiger partial charge in [-0.1, -0.05) is 12.2 Å². The zero-order chi connectivity index (χ0) is 10.9. The fourth-order valence-electron chi connectivity index (χ4n) is 5.47. The predicted molar refractivity (Wildman–Crippen MR) is 59.2 cm³/mol. The number of hydrogen-bond donors (Lipinski definition) is 0. The van der Waals surface area contributed by atoms with Crippen molar-refractivity contribution in [3.05, 3.63) is 12.2 Å². The van der Waals surface area contributed by atoms with Crippen LogP contribution in [-0.2, 0) is 4.74 Å². The second-order valence-electron chi connectivity index (χ2n) is 6.02. The summed E-state index contributed by atoms with van der Waals surface area (Å²) in [6.07, 6.45) is 7.69. The third kappa shape index (κ3) is 0.844. The van der Waals surface area contributed by atoms with Crippen molar-refractivity contribution in [1.82, 2.24) is 0 Å². The molecule has 4 bridgehead atoms. The summed E-state index contributed by atoms with van der Waals surface area (Å²) >= 11 is 0. The van der Waals surface area contributed by atoms with Crippen LogP contribution in [-0.4, -0.2) is 13.2 Å².